The first kappa shape index (κ1) is 22.5. The van der Waals surface area contributed by atoms with Gasteiger partial charge in [0.05, 0.1) is 31.7 Å². The molecular formula is C24H34O7. The zero-order valence-electron chi connectivity index (χ0n) is 19.0. The van der Waals surface area contributed by atoms with E-state index in [1.54, 1.807) is 7.11 Å². The third-order valence-corrected chi connectivity index (χ3v) is 9.11. The lowest BCUT2D eigenvalue weighted by molar-refractivity contribution is -0.187. The molecule has 0 saturated heterocycles. The number of carbonyl (C=O) groups excluding carboxylic acids is 3. The molecule has 2 bridgehead atoms. The summed E-state index contributed by atoms with van der Waals surface area (Å²) in [5.74, 6) is -1.47. The van der Waals surface area contributed by atoms with E-state index >= 15 is 0 Å². The molecule has 8 atom stereocenters. The quantitative estimate of drug-likeness (QED) is 0.275. The van der Waals surface area contributed by atoms with Gasteiger partial charge in [0.2, 0.25) is 0 Å². The molecule has 0 heterocycles. The van der Waals surface area contributed by atoms with Gasteiger partial charge in [-0.25, -0.2) is 0 Å². The van der Waals surface area contributed by atoms with Crippen molar-refractivity contribution in [3.8, 4) is 0 Å². The van der Waals surface area contributed by atoms with E-state index in [9.17, 15) is 14.4 Å². The fourth-order valence-electron chi connectivity index (χ4n) is 8.31. The smallest absolute Gasteiger partial charge is 0.311 e. The minimum absolute atomic E-state index is 0.0278. The van der Waals surface area contributed by atoms with Crippen LogP contribution in [0.15, 0.2) is 12.2 Å². The maximum absolute atomic E-state index is 13.4. The van der Waals surface area contributed by atoms with Crippen molar-refractivity contribution < 1.29 is 33.3 Å². The second-order valence-corrected chi connectivity index (χ2v) is 10.3. The van der Waals surface area contributed by atoms with Gasteiger partial charge in [0, 0.05) is 18.4 Å². The van der Waals surface area contributed by atoms with Gasteiger partial charge < -0.3 is 23.7 Å². The number of aldehydes is 1. The maximum Gasteiger partial charge on any atom is 0.311 e. The van der Waals surface area contributed by atoms with Crippen LogP contribution in [0.1, 0.15) is 45.4 Å². The Morgan fingerprint density at radius 3 is 2.48 bits per heavy atom. The van der Waals surface area contributed by atoms with E-state index in [4.69, 9.17) is 18.9 Å². The topological polar surface area (TPSA) is 88.1 Å². The van der Waals surface area contributed by atoms with E-state index < -0.39 is 34.1 Å². The first-order valence-electron chi connectivity index (χ1n) is 11.1. The number of hydrogen-bond acceptors (Lipinski definition) is 7. The van der Waals surface area contributed by atoms with Crippen molar-refractivity contribution in [1.29, 1.82) is 0 Å². The first-order chi connectivity index (χ1) is 14.7. The van der Waals surface area contributed by atoms with Gasteiger partial charge in [0.15, 0.2) is 0 Å². The van der Waals surface area contributed by atoms with E-state index in [-0.39, 0.29) is 24.8 Å². The summed E-state index contributed by atoms with van der Waals surface area (Å²) in [5, 5.41) is 0. The SMILES string of the molecule is C=C1C[C@]23C[C@H]1CC[C@H]2[C@]1(C=O)C[C@H](OCOC)C[C@@](C)(C(=O)OC)[C@H]1[C@@H]3C(=O)OC. The van der Waals surface area contributed by atoms with Crippen LogP contribution in [0.2, 0.25) is 0 Å². The summed E-state index contributed by atoms with van der Waals surface area (Å²) in [4.78, 5) is 39.6. The Bertz CT molecular complexity index is 793. The number of rotatable bonds is 6. The second kappa shape index (κ2) is 7.69. The van der Waals surface area contributed by atoms with Crippen LogP contribution in [0.4, 0.5) is 0 Å². The number of allylic oxidation sites excluding steroid dienone is 1. The fourth-order valence-corrected chi connectivity index (χ4v) is 8.31. The normalized spacial score (nSPS) is 45.5. The highest BCUT2D eigenvalue weighted by molar-refractivity contribution is 5.84. The Morgan fingerprint density at radius 2 is 1.87 bits per heavy atom. The predicted octanol–water partition coefficient (Wildman–Crippen LogP) is 2.92. The number of fused-ring (bicyclic) bond motifs is 3. The number of carbonyl (C=O) groups is 3. The van der Waals surface area contributed by atoms with Gasteiger partial charge in [-0.15, -0.1) is 0 Å². The highest BCUT2D eigenvalue weighted by Crippen LogP contribution is 2.77. The molecule has 0 N–H and O–H groups in total. The van der Waals surface area contributed by atoms with Crippen LogP contribution in [0.3, 0.4) is 0 Å². The molecule has 172 valence electrons. The van der Waals surface area contributed by atoms with Crippen LogP contribution in [0.5, 0.6) is 0 Å². The standard InChI is InChI=1S/C24H34O7/c1-14-8-23-9-15(14)6-7-17(23)24(12-25)11-16(31-13-28-3)10-22(2,21(27)30-5)19(24)18(23)20(26)29-4/h12,15-19H,1,6-11,13H2,2-5H3/t15-,16-,17-,18-,19-,22-,23+,24-/m1/s1. The van der Waals surface area contributed by atoms with Crippen molar-refractivity contribution >= 4 is 18.2 Å². The van der Waals surface area contributed by atoms with Crippen molar-refractivity contribution in [1.82, 2.24) is 0 Å². The molecule has 0 aliphatic heterocycles. The summed E-state index contributed by atoms with van der Waals surface area (Å²) in [7, 11) is 4.29. The molecule has 7 nitrogen and oxygen atoms in total. The van der Waals surface area contributed by atoms with Crippen molar-refractivity contribution in [2.24, 2.45) is 39.9 Å². The van der Waals surface area contributed by atoms with E-state index in [0.29, 0.717) is 25.2 Å². The molecule has 4 rings (SSSR count). The van der Waals surface area contributed by atoms with Gasteiger partial charge in [-0.3, -0.25) is 9.59 Å². The largest absolute Gasteiger partial charge is 0.469 e. The average molecular weight is 435 g/mol. The van der Waals surface area contributed by atoms with Crippen molar-refractivity contribution in [3.63, 3.8) is 0 Å². The molecule has 0 unspecified atom stereocenters. The Hall–Kier alpha value is -1.73. The van der Waals surface area contributed by atoms with Gasteiger partial charge in [-0.2, -0.15) is 0 Å². The van der Waals surface area contributed by atoms with Crippen molar-refractivity contribution in [3.05, 3.63) is 12.2 Å². The molecule has 4 fully saturated rings. The predicted molar refractivity (Wildman–Crippen MR) is 111 cm³/mol. The highest BCUT2D eigenvalue weighted by atomic mass is 16.7. The molecule has 0 aromatic heterocycles. The zero-order valence-corrected chi connectivity index (χ0v) is 19.0. The maximum atomic E-state index is 13.4. The minimum Gasteiger partial charge on any atom is -0.469 e. The average Bonchev–Trinajstić information content (AvgIpc) is 3.17. The Labute approximate surface area is 183 Å². The summed E-state index contributed by atoms with van der Waals surface area (Å²) in [5.41, 5.74) is -1.18. The zero-order chi connectivity index (χ0) is 22.6. The summed E-state index contributed by atoms with van der Waals surface area (Å²) in [6.07, 6.45) is 4.83. The monoisotopic (exact) mass is 434 g/mol. The summed E-state index contributed by atoms with van der Waals surface area (Å²) < 4.78 is 21.6. The lowest BCUT2D eigenvalue weighted by Crippen LogP contribution is -2.56. The van der Waals surface area contributed by atoms with Crippen molar-refractivity contribution in [2.75, 3.05) is 28.1 Å². The first-order valence-corrected chi connectivity index (χ1v) is 11.1. The summed E-state index contributed by atoms with van der Waals surface area (Å²) >= 11 is 0. The number of methoxy groups -OCH3 is 3. The molecule has 4 saturated carbocycles. The second-order valence-electron chi connectivity index (χ2n) is 10.3. The van der Waals surface area contributed by atoms with Crippen LogP contribution < -0.4 is 0 Å². The van der Waals surface area contributed by atoms with E-state index in [0.717, 1.165) is 31.1 Å². The third kappa shape index (κ3) is 2.88. The van der Waals surface area contributed by atoms with Gasteiger partial charge >= 0.3 is 11.9 Å². The van der Waals surface area contributed by atoms with Crippen LogP contribution in [-0.2, 0) is 33.3 Å². The lowest BCUT2D eigenvalue weighted by atomic mass is 9.52. The summed E-state index contributed by atoms with van der Waals surface area (Å²) in [6.45, 7) is 6.22. The van der Waals surface area contributed by atoms with Crippen LogP contribution in [0, 0.1) is 39.9 Å². The number of esters is 2. The molecule has 0 amide bonds. The Morgan fingerprint density at radius 1 is 1.13 bits per heavy atom. The Balaban J connectivity index is 1.92. The highest BCUT2D eigenvalue weighted by Gasteiger charge is 2.78. The van der Waals surface area contributed by atoms with E-state index in [1.165, 1.54) is 14.2 Å². The molecule has 4 aliphatic carbocycles. The van der Waals surface area contributed by atoms with Gasteiger partial charge in [-0.05, 0) is 62.7 Å². The van der Waals surface area contributed by atoms with Gasteiger partial charge in [-0.1, -0.05) is 12.2 Å². The molecule has 1 spiro atoms. The van der Waals surface area contributed by atoms with Gasteiger partial charge in [0.25, 0.3) is 0 Å². The van der Waals surface area contributed by atoms with E-state index in [1.807, 2.05) is 6.92 Å². The molecule has 0 aromatic rings. The van der Waals surface area contributed by atoms with Gasteiger partial charge in [0.1, 0.15) is 13.1 Å². The van der Waals surface area contributed by atoms with Crippen LogP contribution in [0.25, 0.3) is 0 Å². The lowest BCUT2D eigenvalue weighted by Gasteiger charge is -2.51. The van der Waals surface area contributed by atoms with Crippen LogP contribution >= 0.6 is 0 Å². The molecule has 0 aromatic carbocycles. The number of ether oxygens (including phenoxy) is 4. The third-order valence-electron chi connectivity index (χ3n) is 9.11. The van der Waals surface area contributed by atoms with Crippen LogP contribution in [-0.4, -0.2) is 52.5 Å². The number of hydrogen-bond donors (Lipinski definition) is 0. The minimum atomic E-state index is -1.06. The fraction of sp³-hybridized carbons (Fsp3) is 0.792. The molecular weight excluding hydrogens is 400 g/mol. The molecule has 0 radical (unpaired) electrons. The molecule has 7 heteroatoms. The summed E-state index contributed by atoms with van der Waals surface area (Å²) in [6, 6.07) is 0. The van der Waals surface area contributed by atoms with Crippen molar-refractivity contribution in [2.45, 2.75) is 51.6 Å². The molecule has 31 heavy (non-hydrogen) atoms. The molecule has 4 aliphatic rings. The Kier molecular flexibility index (Phi) is 5.58. The van der Waals surface area contributed by atoms with E-state index in [2.05, 4.69) is 6.58 Å².